The topological polar surface area (TPSA) is 119 Å². The third kappa shape index (κ3) is 5.59. The Bertz CT molecular complexity index is 1330. The van der Waals surface area contributed by atoms with Crippen LogP contribution in [-0.4, -0.2) is 53.0 Å². The lowest BCUT2D eigenvalue weighted by molar-refractivity contribution is -0.0663. The molecule has 1 aromatic heterocycles. The van der Waals surface area contributed by atoms with Gasteiger partial charge in [0.25, 0.3) is 0 Å². The highest BCUT2D eigenvalue weighted by atomic mass is 35.5. The molecular weight excluding hydrogens is 475 g/mol. The molecule has 0 aliphatic heterocycles. The summed E-state index contributed by atoms with van der Waals surface area (Å²) in [5.41, 5.74) is -1.52. The zero-order chi connectivity index (χ0) is 24.6. The fraction of sp³-hybridized carbons (Fsp3) is 0.273. The molecule has 0 saturated carbocycles. The normalized spacial score (nSPS) is 13.1. The fourth-order valence-electron chi connectivity index (χ4n) is 2.83. The summed E-state index contributed by atoms with van der Waals surface area (Å²) >= 11 is 5.71. The molecule has 2 aromatic carbocycles. The Hall–Kier alpha value is -2.79. The van der Waals surface area contributed by atoms with Gasteiger partial charge in [0.15, 0.2) is 15.6 Å². The van der Waals surface area contributed by atoms with E-state index in [1.165, 1.54) is 56.4 Å². The number of rotatable bonds is 7. The Balaban J connectivity index is 2.13. The van der Waals surface area contributed by atoms with E-state index in [4.69, 9.17) is 16.3 Å². The quantitative estimate of drug-likeness (QED) is 0.516. The van der Waals surface area contributed by atoms with Crippen LogP contribution in [0.4, 0.5) is 4.39 Å². The fourth-order valence-corrected chi connectivity index (χ4v) is 3.58. The minimum Gasteiger partial charge on any atom is -0.484 e. The molecule has 1 heterocycles. The van der Waals surface area contributed by atoms with Crippen molar-refractivity contribution >= 4 is 21.4 Å². The lowest BCUT2D eigenvalue weighted by Gasteiger charge is -2.24. The second-order valence-electron chi connectivity index (χ2n) is 7.98. The summed E-state index contributed by atoms with van der Waals surface area (Å²) in [6.45, 7) is 2.34. The lowest BCUT2D eigenvalue weighted by Crippen LogP contribution is -2.40. The van der Waals surface area contributed by atoms with Gasteiger partial charge in [-0.25, -0.2) is 12.8 Å². The molecule has 33 heavy (non-hydrogen) atoms. The van der Waals surface area contributed by atoms with Crippen LogP contribution in [-0.2, 0) is 9.84 Å². The molecule has 0 fully saturated rings. The van der Waals surface area contributed by atoms with Gasteiger partial charge in [0.1, 0.15) is 18.5 Å². The molecule has 0 aliphatic rings. The maximum absolute atomic E-state index is 13.9. The number of benzene rings is 2. The Morgan fingerprint density at radius 2 is 1.85 bits per heavy atom. The van der Waals surface area contributed by atoms with Crippen LogP contribution in [0.3, 0.4) is 0 Å². The zero-order valence-corrected chi connectivity index (χ0v) is 19.6. The molecule has 0 spiro atoms. The standard InChI is InChI=1S/C22H22ClFN2O6S/c1-22(2,29)19(27)12-32-20-16(13-4-7-15(8-5-13)33(3,30)31)11-25-26(21(20)28)14-6-9-17(23)18(24)10-14/h4-11,19,27,29H,12H2,1-3H3. The minimum atomic E-state index is -3.43. The van der Waals surface area contributed by atoms with Crippen molar-refractivity contribution in [2.45, 2.75) is 30.4 Å². The molecule has 0 radical (unpaired) electrons. The second-order valence-corrected chi connectivity index (χ2v) is 10.4. The van der Waals surface area contributed by atoms with Gasteiger partial charge in [0.2, 0.25) is 0 Å². The molecule has 176 valence electrons. The number of sulfone groups is 1. The first-order chi connectivity index (χ1) is 15.3. The van der Waals surface area contributed by atoms with E-state index in [2.05, 4.69) is 5.10 Å². The maximum Gasteiger partial charge on any atom is 0.314 e. The third-order valence-electron chi connectivity index (χ3n) is 4.88. The van der Waals surface area contributed by atoms with Crippen LogP contribution in [0.15, 0.2) is 58.4 Å². The van der Waals surface area contributed by atoms with Crippen molar-refractivity contribution in [3.05, 3.63) is 69.9 Å². The summed E-state index contributed by atoms with van der Waals surface area (Å²) < 4.78 is 43.9. The number of aromatic nitrogens is 2. The first-order valence-corrected chi connectivity index (χ1v) is 12.0. The summed E-state index contributed by atoms with van der Waals surface area (Å²) in [7, 11) is -3.43. The summed E-state index contributed by atoms with van der Waals surface area (Å²) in [5, 5.41) is 24.1. The van der Waals surface area contributed by atoms with Gasteiger partial charge in [-0.05, 0) is 43.7 Å². The summed E-state index contributed by atoms with van der Waals surface area (Å²) in [4.78, 5) is 13.3. The SMILES string of the molecule is CC(C)(O)C(O)COc1c(-c2ccc(S(C)(=O)=O)cc2)cnn(-c2ccc(Cl)c(F)c2)c1=O. The molecule has 3 aromatic rings. The predicted molar refractivity (Wildman–Crippen MR) is 121 cm³/mol. The molecule has 0 bridgehead atoms. The highest BCUT2D eigenvalue weighted by molar-refractivity contribution is 7.90. The van der Waals surface area contributed by atoms with Crippen molar-refractivity contribution in [3.8, 4) is 22.6 Å². The molecule has 1 atom stereocenters. The van der Waals surface area contributed by atoms with Gasteiger partial charge in [-0.15, -0.1) is 0 Å². The van der Waals surface area contributed by atoms with Crippen LogP contribution >= 0.6 is 11.6 Å². The smallest absolute Gasteiger partial charge is 0.314 e. The minimum absolute atomic E-state index is 0.0871. The van der Waals surface area contributed by atoms with Crippen LogP contribution in [0.5, 0.6) is 5.75 Å². The molecule has 11 heteroatoms. The number of ether oxygens (including phenoxy) is 1. The van der Waals surface area contributed by atoms with Crippen molar-refractivity contribution in [1.29, 1.82) is 0 Å². The number of hydrogen-bond acceptors (Lipinski definition) is 7. The van der Waals surface area contributed by atoms with Gasteiger partial charge in [0, 0.05) is 17.9 Å². The van der Waals surface area contributed by atoms with E-state index in [0.717, 1.165) is 17.0 Å². The van der Waals surface area contributed by atoms with Crippen molar-refractivity contribution in [2.24, 2.45) is 0 Å². The van der Waals surface area contributed by atoms with Crippen LogP contribution in [0.25, 0.3) is 16.8 Å². The van der Waals surface area contributed by atoms with Crippen LogP contribution in [0, 0.1) is 5.82 Å². The average Bonchev–Trinajstić information content (AvgIpc) is 2.73. The molecule has 0 aliphatic carbocycles. The molecule has 2 N–H and O–H groups in total. The third-order valence-corrected chi connectivity index (χ3v) is 6.31. The highest BCUT2D eigenvalue weighted by Crippen LogP contribution is 2.28. The van der Waals surface area contributed by atoms with E-state index < -0.39 is 39.5 Å². The van der Waals surface area contributed by atoms with Crippen molar-refractivity contribution < 1.29 is 27.8 Å². The van der Waals surface area contributed by atoms with Crippen LogP contribution in [0.2, 0.25) is 5.02 Å². The largest absolute Gasteiger partial charge is 0.484 e. The Morgan fingerprint density at radius 3 is 2.39 bits per heavy atom. The number of nitrogens with zero attached hydrogens (tertiary/aromatic N) is 2. The van der Waals surface area contributed by atoms with Crippen molar-refractivity contribution in [3.63, 3.8) is 0 Å². The number of aliphatic hydroxyl groups is 2. The Labute approximate surface area is 194 Å². The number of halogens is 2. The first kappa shape index (κ1) is 24.8. The monoisotopic (exact) mass is 496 g/mol. The van der Waals surface area contributed by atoms with Crippen LogP contribution < -0.4 is 10.3 Å². The summed E-state index contributed by atoms with van der Waals surface area (Å²) in [5.74, 6) is -0.973. The molecular formula is C22H22ClFN2O6S. The Kier molecular flexibility index (Phi) is 6.94. The maximum atomic E-state index is 13.9. The van der Waals surface area contributed by atoms with Gasteiger partial charge in [-0.3, -0.25) is 4.79 Å². The summed E-state index contributed by atoms with van der Waals surface area (Å²) in [6, 6.07) is 9.43. The van der Waals surface area contributed by atoms with Gasteiger partial charge in [0.05, 0.1) is 27.4 Å². The zero-order valence-electron chi connectivity index (χ0n) is 18.0. The lowest BCUT2D eigenvalue weighted by atomic mass is 10.0. The van der Waals surface area contributed by atoms with Gasteiger partial charge < -0.3 is 14.9 Å². The van der Waals surface area contributed by atoms with E-state index >= 15 is 0 Å². The van der Waals surface area contributed by atoms with Gasteiger partial charge in [-0.2, -0.15) is 9.78 Å². The molecule has 1 unspecified atom stereocenters. The number of aliphatic hydroxyl groups excluding tert-OH is 1. The van der Waals surface area contributed by atoms with E-state index in [1.807, 2.05) is 0 Å². The highest BCUT2D eigenvalue weighted by Gasteiger charge is 2.26. The first-order valence-electron chi connectivity index (χ1n) is 9.70. The molecule has 0 amide bonds. The van der Waals surface area contributed by atoms with Gasteiger partial charge >= 0.3 is 5.56 Å². The van der Waals surface area contributed by atoms with E-state index in [-0.39, 0.29) is 26.9 Å². The predicted octanol–water partition coefficient (Wildman–Crippen LogP) is 2.61. The number of hydrogen-bond donors (Lipinski definition) is 2. The van der Waals surface area contributed by atoms with E-state index in [0.29, 0.717) is 5.56 Å². The average molecular weight is 497 g/mol. The van der Waals surface area contributed by atoms with Crippen molar-refractivity contribution in [1.82, 2.24) is 9.78 Å². The van der Waals surface area contributed by atoms with Gasteiger partial charge in [-0.1, -0.05) is 23.7 Å². The summed E-state index contributed by atoms with van der Waals surface area (Å²) in [6.07, 6.45) is 1.05. The van der Waals surface area contributed by atoms with E-state index in [9.17, 15) is 27.8 Å². The Morgan fingerprint density at radius 1 is 1.21 bits per heavy atom. The van der Waals surface area contributed by atoms with Crippen LogP contribution in [0.1, 0.15) is 13.8 Å². The molecule has 3 rings (SSSR count). The van der Waals surface area contributed by atoms with E-state index in [1.54, 1.807) is 0 Å². The van der Waals surface area contributed by atoms with Crippen molar-refractivity contribution in [2.75, 3.05) is 12.9 Å². The second kappa shape index (κ2) is 9.22. The molecule has 0 saturated heterocycles. The molecule has 8 nitrogen and oxygen atoms in total.